The zero-order chi connectivity index (χ0) is 43.2. The van der Waals surface area contributed by atoms with E-state index in [-0.39, 0.29) is 25.7 Å². The van der Waals surface area contributed by atoms with Crippen LogP contribution in [-0.4, -0.2) is 83.2 Å². The molecule has 0 saturated heterocycles. The normalized spacial score (nSPS) is 14.2. The third kappa shape index (κ3) is 12.5. The van der Waals surface area contributed by atoms with Crippen LogP contribution in [0.25, 0.3) is 21.7 Å². The monoisotopic (exact) mass is 817 g/mol. The average Bonchev–Trinajstić information content (AvgIpc) is 3.65. The number of nitrogens with one attached hydrogen (secondary N) is 6. The van der Waals surface area contributed by atoms with E-state index in [0.29, 0.717) is 19.4 Å². The molecule has 1 heterocycles. The molecule has 316 valence electrons. The van der Waals surface area contributed by atoms with Crippen molar-refractivity contribution in [2.45, 2.75) is 88.6 Å². The van der Waals surface area contributed by atoms with Crippen molar-refractivity contribution in [3.05, 3.63) is 120 Å². The van der Waals surface area contributed by atoms with Gasteiger partial charge in [-0.2, -0.15) is 0 Å². The van der Waals surface area contributed by atoms with Gasteiger partial charge in [-0.15, -0.1) is 0 Å². The number of hydrogen-bond donors (Lipinski definition) is 9. The number of amides is 6. The Morgan fingerprint density at radius 2 is 1.15 bits per heavy atom. The van der Waals surface area contributed by atoms with Crippen LogP contribution in [0.3, 0.4) is 0 Å². The predicted octanol–water partition coefficient (Wildman–Crippen LogP) is 1.75. The zero-order valence-electron chi connectivity index (χ0n) is 33.9. The molecule has 6 atom stereocenters. The van der Waals surface area contributed by atoms with E-state index in [2.05, 4.69) is 31.6 Å². The second kappa shape index (κ2) is 21.4. The topological polar surface area (TPSA) is 256 Å². The summed E-state index contributed by atoms with van der Waals surface area (Å²) < 4.78 is 0. The lowest BCUT2D eigenvalue weighted by Gasteiger charge is -2.26. The molecule has 15 heteroatoms. The first kappa shape index (κ1) is 44.5. The SMILES string of the molecule is C[C@H](NC(=O)[C@@H](Cc1ccc2ccccc2c1)NC(=O)[C@@H](C)N)C(=O)N[C@@H](Cc1c[nH]c2ccccc12)C(=O)N[C@H](Cc1ccccc1)C(=O)N[C@@H](CCCCN)C(N)=O. The first-order valence-corrected chi connectivity index (χ1v) is 20.2. The lowest BCUT2D eigenvalue weighted by Crippen LogP contribution is -2.59. The van der Waals surface area contributed by atoms with Gasteiger partial charge in [-0.1, -0.05) is 91.0 Å². The van der Waals surface area contributed by atoms with Crippen molar-refractivity contribution < 1.29 is 28.8 Å². The molecule has 12 N–H and O–H groups in total. The summed E-state index contributed by atoms with van der Waals surface area (Å²) in [6.07, 6.45) is 3.39. The number of para-hydroxylation sites is 1. The number of H-pyrrole nitrogens is 1. The summed E-state index contributed by atoms with van der Waals surface area (Å²) >= 11 is 0. The summed E-state index contributed by atoms with van der Waals surface area (Å²) in [5, 5.41) is 16.5. The van der Waals surface area contributed by atoms with Crippen molar-refractivity contribution in [3.8, 4) is 0 Å². The number of nitrogens with two attached hydrogens (primary N) is 3. The Bertz CT molecular complexity index is 2280. The highest BCUT2D eigenvalue weighted by Gasteiger charge is 2.32. The van der Waals surface area contributed by atoms with E-state index in [4.69, 9.17) is 17.2 Å². The quantitative estimate of drug-likeness (QED) is 0.0492. The van der Waals surface area contributed by atoms with Gasteiger partial charge in [0.15, 0.2) is 0 Å². The second-order valence-electron chi connectivity index (χ2n) is 15.1. The molecule has 60 heavy (non-hydrogen) atoms. The fourth-order valence-electron chi connectivity index (χ4n) is 6.90. The van der Waals surface area contributed by atoms with Crippen LogP contribution in [0.2, 0.25) is 0 Å². The van der Waals surface area contributed by atoms with E-state index in [0.717, 1.165) is 38.4 Å². The van der Waals surface area contributed by atoms with Crippen LogP contribution in [0.4, 0.5) is 0 Å². The Morgan fingerprint density at radius 1 is 0.583 bits per heavy atom. The van der Waals surface area contributed by atoms with Crippen molar-refractivity contribution >= 4 is 57.1 Å². The maximum atomic E-state index is 14.3. The number of aromatic amines is 1. The maximum absolute atomic E-state index is 14.3. The molecule has 0 bridgehead atoms. The average molecular weight is 818 g/mol. The second-order valence-corrected chi connectivity index (χ2v) is 15.1. The molecule has 4 aromatic carbocycles. The molecule has 0 spiro atoms. The van der Waals surface area contributed by atoms with E-state index < -0.39 is 71.7 Å². The molecule has 0 aliphatic carbocycles. The van der Waals surface area contributed by atoms with Gasteiger partial charge in [0.2, 0.25) is 35.4 Å². The van der Waals surface area contributed by atoms with Gasteiger partial charge in [0.1, 0.15) is 30.2 Å². The highest BCUT2D eigenvalue weighted by Crippen LogP contribution is 2.20. The smallest absolute Gasteiger partial charge is 0.243 e. The van der Waals surface area contributed by atoms with Gasteiger partial charge in [0.25, 0.3) is 0 Å². The molecule has 5 rings (SSSR count). The number of primary amides is 1. The fourth-order valence-corrected chi connectivity index (χ4v) is 6.90. The number of aromatic nitrogens is 1. The van der Waals surface area contributed by atoms with Crippen LogP contribution in [0, 0.1) is 0 Å². The minimum absolute atomic E-state index is 0.0139. The molecule has 15 nitrogen and oxygen atoms in total. The number of fused-ring (bicyclic) bond motifs is 2. The maximum Gasteiger partial charge on any atom is 0.243 e. The summed E-state index contributed by atoms with van der Waals surface area (Å²) in [4.78, 5) is 84.2. The predicted molar refractivity (Wildman–Crippen MR) is 231 cm³/mol. The number of benzene rings is 4. The molecule has 0 aliphatic rings. The molecule has 0 unspecified atom stereocenters. The molecule has 0 radical (unpaired) electrons. The summed E-state index contributed by atoms with van der Waals surface area (Å²) in [5.74, 6) is -3.90. The lowest BCUT2D eigenvalue weighted by atomic mass is 10.0. The third-order valence-electron chi connectivity index (χ3n) is 10.3. The fraction of sp³-hybridized carbons (Fsp3) is 0.333. The van der Waals surface area contributed by atoms with Crippen LogP contribution >= 0.6 is 0 Å². The number of carbonyl (C=O) groups is 6. The van der Waals surface area contributed by atoms with E-state index >= 15 is 0 Å². The van der Waals surface area contributed by atoms with Gasteiger partial charge in [-0.05, 0) is 73.2 Å². The van der Waals surface area contributed by atoms with Gasteiger partial charge < -0.3 is 48.8 Å². The molecule has 6 amide bonds. The summed E-state index contributed by atoms with van der Waals surface area (Å²) in [6.45, 7) is 3.38. The Labute approximate surface area is 349 Å². The summed E-state index contributed by atoms with van der Waals surface area (Å²) in [6, 6.07) is 23.4. The molecular formula is C45H55N9O6. The van der Waals surface area contributed by atoms with Gasteiger partial charge >= 0.3 is 0 Å². The minimum Gasteiger partial charge on any atom is -0.368 e. The standard InChI is InChI=1S/C45H55N9O6/c1-27(47)41(56)52-38(24-30-19-20-31-14-6-7-15-32(31)22-30)43(58)50-28(2)42(57)53-39(25-33-26-49-35-17-9-8-16-34(33)35)45(60)54-37(23-29-12-4-3-5-13-29)44(59)51-36(40(48)55)18-10-11-21-46/h3-9,12-17,19-20,22,26-28,36-39,49H,10-11,18,21,23-25,46-47H2,1-2H3,(H2,48,55)(H,50,58)(H,51,59)(H,52,56)(H,53,57)(H,54,60)/t27-,28+,36+,37-,38-,39+/m1/s1. The number of hydrogen-bond acceptors (Lipinski definition) is 8. The summed E-state index contributed by atoms with van der Waals surface area (Å²) in [5.41, 5.74) is 20.2. The molecule has 0 fully saturated rings. The van der Waals surface area contributed by atoms with Crippen molar-refractivity contribution in [3.63, 3.8) is 0 Å². The number of unbranched alkanes of at least 4 members (excludes halogenated alkanes) is 1. The lowest BCUT2D eigenvalue weighted by molar-refractivity contribution is -0.134. The van der Waals surface area contributed by atoms with Gasteiger partial charge in [0, 0.05) is 36.4 Å². The Kier molecular flexibility index (Phi) is 15.9. The highest BCUT2D eigenvalue weighted by atomic mass is 16.2. The van der Waals surface area contributed by atoms with Crippen molar-refractivity contribution in [2.75, 3.05) is 6.54 Å². The third-order valence-corrected chi connectivity index (χ3v) is 10.3. The van der Waals surface area contributed by atoms with Crippen LogP contribution < -0.4 is 43.8 Å². The van der Waals surface area contributed by atoms with Crippen molar-refractivity contribution in [1.82, 2.24) is 31.6 Å². The van der Waals surface area contributed by atoms with Gasteiger partial charge in [0.05, 0.1) is 6.04 Å². The highest BCUT2D eigenvalue weighted by molar-refractivity contribution is 5.97. The summed E-state index contributed by atoms with van der Waals surface area (Å²) in [7, 11) is 0. The van der Waals surface area contributed by atoms with E-state index in [1.807, 2.05) is 72.8 Å². The minimum atomic E-state index is -1.23. The van der Waals surface area contributed by atoms with E-state index in [9.17, 15) is 28.8 Å². The number of carbonyl (C=O) groups excluding carboxylic acids is 6. The first-order chi connectivity index (χ1) is 28.8. The van der Waals surface area contributed by atoms with E-state index in [1.165, 1.54) is 13.8 Å². The first-order valence-electron chi connectivity index (χ1n) is 20.2. The Morgan fingerprint density at radius 3 is 1.83 bits per heavy atom. The number of rotatable bonds is 21. The van der Waals surface area contributed by atoms with Crippen molar-refractivity contribution in [2.24, 2.45) is 17.2 Å². The zero-order valence-corrected chi connectivity index (χ0v) is 33.9. The van der Waals surface area contributed by atoms with E-state index in [1.54, 1.807) is 30.5 Å². The van der Waals surface area contributed by atoms with Crippen LogP contribution in [0.5, 0.6) is 0 Å². The van der Waals surface area contributed by atoms with Crippen LogP contribution in [-0.2, 0) is 48.0 Å². The Balaban J connectivity index is 1.37. The molecule has 1 aromatic heterocycles. The Hall–Kier alpha value is -6.58. The molecule has 0 aliphatic heterocycles. The van der Waals surface area contributed by atoms with Crippen LogP contribution in [0.1, 0.15) is 49.8 Å². The molecular weight excluding hydrogens is 763 g/mol. The van der Waals surface area contributed by atoms with Gasteiger partial charge in [-0.25, -0.2) is 0 Å². The molecule has 5 aromatic rings. The van der Waals surface area contributed by atoms with Gasteiger partial charge in [-0.3, -0.25) is 28.8 Å². The van der Waals surface area contributed by atoms with Crippen LogP contribution in [0.15, 0.2) is 103 Å². The van der Waals surface area contributed by atoms with Crippen molar-refractivity contribution in [1.29, 1.82) is 0 Å². The molecule has 0 saturated carbocycles. The largest absolute Gasteiger partial charge is 0.368 e.